The van der Waals surface area contributed by atoms with E-state index in [0.717, 1.165) is 6.04 Å². The first-order valence-corrected chi connectivity index (χ1v) is 12.8. The minimum absolute atomic E-state index is 0.0774. The van der Waals surface area contributed by atoms with Crippen molar-refractivity contribution in [3.8, 4) is 0 Å². The molecule has 140 valence electrons. The number of carboxylic acids is 1. The quantitative estimate of drug-likeness (QED) is 0.496. The van der Waals surface area contributed by atoms with Crippen LogP contribution in [-0.2, 0) is 14.4 Å². The van der Waals surface area contributed by atoms with Crippen LogP contribution >= 0.6 is 11.8 Å². The Hall–Kier alpha value is -1.28. The number of nitrogens with one attached hydrogen (secondary N) is 1. The molecule has 2 rings (SSSR count). The molecular formula is C17H28N2O4SSi. The Labute approximate surface area is 154 Å². The van der Waals surface area contributed by atoms with Gasteiger partial charge in [-0.2, -0.15) is 0 Å². The van der Waals surface area contributed by atoms with Gasteiger partial charge in [-0.1, -0.05) is 38.9 Å². The standard InChI is InChI=1S/C17H28N2O4SSi/c1-5-25(6-2,7-3)9-8-12(20)18-13-15(21)19-14(17(22)23)11(4)10-24-16(13)19/h13,16H,5-10H2,1-4H3,(H,18,20)(H,22,23). The van der Waals surface area contributed by atoms with Gasteiger partial charge in [0, 0.05) is 12.2 Å². The van der Waals surface area contributed by atoms with Gasteiger partial charge in [0.15, 0.2) is 0 Å². The number of hydrogen-bond donors (Lipinski definition) is 2. The molecule has 2 N–H and O–H groups in total. The van der Waals surface area contributed by atoms with E-state index in [9.17, 15) is 19.5 Å². The summed E-state index contributed by atoms with van der Waals surface area (Å²) < 4.78 is 0. The Morgan fingerprint density at radius 3 is 2.40 bits per heavy atom. The van der Waals surface area contributed by atoms with Crippen LogP contribution in [0.5, 0.6) is 0 Å². The van der Waals surface area contributed by atoms with E-state index in [0.29, 0.717) is 17.7 Å². The molecule has 0 aliphatic carbocycles. The summed E-state index contributed by atoms with van der Waals surface area (Å²) in [5.41, 5.74) is 0.769. The Bertz CT molecular complexity index is 595. The Morgan fingerprint density at radius 2 is 1.88 bits per heavy atom. The molecule has 2 atom stereocenters. The summed E-state index contributed by atoms with van der Waals surface area (Å²) in [6, 6.07) is 3.88. The van der Waals surface area contributed by atoms with Gasteiger partial charge in [0.05, 0.1) is 8.07 Å². The van der Waals surface area contributed by atoms with Crippen molar-refractivity contribution in [2.24, 2.45) is 0 Å². The summed E-state index contributed by atoms with van der Waals surface area (Å²) in [7, 11) is -1.36. The molecular weight excluding hydrogens is 356 g/mol. The number of carboxylic acid groups (broad SMARTS) is 1. The van der Waals surface area contributed by atoms with Gasteiger partial charge < -0.3 is 10.4 Å². The molecule has 0 spiro atoms. The SMILES string of the molecule is CC[Si](CC)(CC)CCC(=O)NC1C(=O)N2C(C(=O)O)=C(C)CSC12. The third-order valence-electron chi connectivity index (χ3n) is 5.81. The van der Waals surface area contributed by atoms with Gasteiger partial charge in [0.2, 0.25) is 5.91 Å². The van der Waals surface area contributed by atoms with Crippen molar-refractivity contribution in [3.05, 3.63) is 11.3 Å². The summed E-state index contributed by atoms with van der Waals surface area (Å²) in [6.07, 6.45) is 0.462. The first kappa shape index (κ1) is 20.0. The van der Waals surface area contributed by atoms with Crippen LogP contribution in [0, 0.1) is 0 Å². The van der Waals surface area contributed by atoms with E-state index in [4.69, 9.17) is 0 Å². The van der Waals surface area contributed by atoms with Gasteiger partial charge in [-0.15, -0.1) is 11.8 Å². The third kappa shape index (κ3) is 3.79. The molecule has 0 aromatic rings. The number of carbonyl (C=O) groups excluding carboxylic acids is 2. The second-order valence-corrected chi connectivity index (χ2v) is 13.7. The lowest BCUT2D eigenvalue weighted by Gasteiger charge is -2.49. The number of amides is 2. The van der Waals surface area contributed by atoms with E-state index in [1.54, 1.807) is 6.92 Å². The fraction of sp³-hybridized carbons (Fsp3) is 0.706. The van der Waals surface area contributed by atoms with Crippen LogP contribution in [0.4, 0.5) is 0 Å². The number of aliphatic carboxylic acids is 1. The maximum absolute atomic E-state index is 12.4. The minimum Gasteiger partial charge on any atom is -0.477 e. The fourth-order valence-electron chi connectivity index (χ4n) is 3.68. The normalized spacial score (nSPS) is 23.2. The van der Waals surface area contributed by atoms with Crippen LogP contribution in [0.25, 0.3) is 0 Å². The first-order valence-electron chi connectivity index (χ1n) is 8.97. The lowest BCUT2D eigenvalue weighted by molar-refractivity contribution is -0.150. The molecule has 25 heavy (non-hydrogen) atoms. The van der Waals surface area contributed by atoms with Crippen LogP contribution in [0.3, 0.4) is 0 Å². The molecule has 6 nitrogen and oxygen atoms in total. The lowest BCUT2D eigenvalue weighted by atomic mass is 10.0. The Morgan fingerprint density at radius 1 is 1.28 bits per heavy atom. The van der Waals surface area contributed by atoms with E-state index in [1.807, 2.05) is 0 Å². The zero-order chi connectivity index (χ0) is 18.8. The van der Waals surface area contributed by atoms with Crippen LogP contribution in [0.1, 0.15) is 34.1 Å². The van der Waals surface area contributed by atoms with E-state index < -0.39 is 20.1 Å². The topological polar surface area (TPSA) is 86.7 Å². The molecule has 0 aromatic heterocycles. The number of fused-ring (bicyclic) bond motifs is 1. The second-order valence-electron chi connectivity index (χ2n) is 6.95. The van der Waals surface area contributed by atoms with Gasteiger partial charge in [0.1, 0.15) is 17.1 Å². The van der Waals surface area contributed by atoms with Crippen molar-refractivity contribution in [2.75, 3.05) is 5.75 Å². The average molecular weight is 385 g/mol. The van der Waals surface area contributed by atoms with Crippen molar-refractivity contribution in [1.82, 2.24) is 10.2 Å². The maximum atomic E-state index is 12.4. The maximum Gasteiger partial charge on any atom is 0.352 e. The van der Waals surface area contributed by atoms with Crippen molar-refractivity contribution in [3.63, 3.8) is 0 Å². The average Bonchev–Trinajstić information content (AvgIpc) is 2.60. The van der Waals surface area contributed by atoms with Crippen molar-refractivity contribution >= 4 is 37.6 Å². The molecule has 2 amide bonds. The number of nitrogens with zero attached hydrogens (tertiary/aromatic N) is 1. The molecule has 2 aliphatic heterocycles. The summed E-state index contributed by atoms with van der Waals surface area (Å²) >= 11 is 1.51. The van der Waals surface area contributed by atoms with Gasteiger partial charge >= 0.3 is 5.97 Å². The lowest BCUT2D eigenvalue weighted by Crippen LogP contribution is -2.70. The number of β-lactam (4-membered cyclic amide) rings is 1. The molecule has 2 unspecified atom stereocenters. The molecule has 2 heterocycles. The van der Waals surface area contributed by atoms with E-state index in [2.05, 4.69) is 26.1 Å². The second kappa shape index (κ2) is 7.95. The third-order valence-corrected chi connectivity index (χ3v) is 13.0. The van der Waals surface area contributed by atoms with Crippen molar-refractivity contribution < 1.29 is 19.5 Å². The van der Waals surface area contributed by atoms with Crippen molar-refractivity contribution in [1.29, 1.82) is 0 Å². The number of hydrogen-bond acceptors (Lipinski definition) is 4. The number of carbonyl (C=O) groups is 3. The summed E-state index contributed by atoms with van der Waals surface area (Å²) in [4.78, 5) is 37.4. The minimum atomic E-state index is -1.36. The molecule has 8 heteroatoms. The van der Waals surface area contributed by atoms with Crippen molar-refractivity contribution in [2.45, 2.75) is 69.7 Å². The molecule has 0 saturated carbocycles. The van der Waals surface area contributed by atoms with Crippen LogP contribution in [0.15, 0.2) is 11.3 Å². The molecule has 1 fully saturated rings. The van der Waals surface area contributed by atoms with Gasteiger partial charge in [-0.25, -0.2) is 4.79 Å². The highest BCUT2D eigenvalue weighted by atomic mass is 32.2. The van der Waals surface area contributed by atoms with E-state index in [-0.39, 0.29) is 22.9 Å². The summed E-state index contributed by atoms with van der Waals surface area (Å²) in [5, 5.41) is 11.9. The predicted molar refractivity (Wildman–Crippen MR) is 102 cm³/mol. The number of thioether (sulfide) groups is 1. The zero-order valence-electron chi connectivity index (χ0n) is 15.4. The molecule has 0 bridgehead atoms. The van der Waals surface area contributed by atoms with Gasteiger partial charge in [-0.3, -0.25) is 14.5 Å². The monoisotopic (exact) mass is 384 g/mol. The highest BCUT2D eigenvalue weighted by Crippen LogP contribution is 2.40. The Kier molecular flexibility index (Phi) is 6.37. The zero-order valence-corrected chi connectivity index (χ0v) is 17.2. The number of rotatable bonds is 8. The largest absolute Gasteiger partial charge is 0.477 e. The fourth-order valence-corrected chi connectivity index (χ4v) is 8.29. The van der Waals surface area contributed by atoms with E-state index >= 15 is 0 Å². The summed E-state index contributed by atoms with van der Waals surface area (Å²) in [6.45, 7) is 8.37. The highest BCUT2D eigenvalue weighted by Gasteiger charge is 2.53. The molecule has 0 aromatic carbocycles. The smallest absolute Gasteiger partial charge is 0.352 e. The van der Waals surface area contributed by atoms with Crippen LogP contribution in [-0.4, -0.2) is 53.0 Å². The molecule has 1 saturated heterocycles. The van der Waals surface area contributed by atoms with Gasteiger partial charge in [0.25, 0.3) is 5.91 Å². The first-order chi connectivity index (χ1) is 11.8. The van der Waals surface area contributed by atoms with Crippen LogP contribution in [0.2, 0.25) is 24.2 Å². The van der Waals surface area contributed by atoms with Crippen LogP contribution < -0.4 is 5.32 Å². The summed E-state index contributed by atoms with van der Waals surface area (Å²) in [5.74, 6) is -0.910. The predicted octanol–water partition coefficient (Wildman–Crippen LogP) is 2.64. The van der Waals surface area contributed by atoms with Gasteiger partial charge in [-0.05, 0) is 18.5 Å². The van der Waals surface area contributed by atoms with E-state index in [1.165, 1.54) is 34.8 Å². The Balaban J connectivity index is 1.96. The highest BCUT2D eigenvalue weighted by molar-refractivity contribution is 8.00. The molecule has 2 aliphatic rings. The molecule has 0 radical (unpaired) electrons.